The van der Waals surface area contributed by atoms with Crippen LogP contribution in [0.25, 0.3) is 0 Å². The van der Waals surface area contributed by atoms with E-state index in [1.54, 1.807) is 0 Å². The lowest BCUT2D eigenvalue weighted by Gasteiger charge is -2.27. The van der Waals surface area contributed by atoms with E-state index in [1.807, 2.05) is 13.8 Å². The third-order valence-electron chi connectivity index (χ3n) is 2.82. The first-order valence-corrected chi connectivity index (χ1v) is 5.79. The van der Waals surface area contributed by atoms with Crippen molar-refractivity contribution in [1.82, 2.24) is 16.0 Å². The van der Waals surface area contributed by atoms with Crippen molar-refractivity contribution in [2.45, 2.75) is 19.9 Å². The average Bonchev–Trinajstić information content (AvgIpc) is 2.29. The first-order chi connectivity index (χ1) is 7.56. The van der Waals surface area contributed by atoms with E-state index in [0.29, 0.717) is 12.6 Å². The van der Waals surface area contributed by atoms with Gasteiger partial charge in [-0.3, -0.25) is 4.79 Å². The number of halogens is 2. The summed E-state index contributed by atoms with van der Waals surface area (Å²) in [5.74, 6) is -0.172. The number of hydrogen-bond acceptors (Lipinski definition) is 5. The quantitative estimate of drug-likeness (QED) is 0.633. The van der Waals surface area contributed by atoms with Gasteiger partial charge in [-0.25, -0.2) is 0 Å². The minimum absolute atomic E-state index is 0. The molecule has 0 aromatic carbocycles. The molecule has 0 spiro atoms. The van der Waals surface area contributed by atoms with E-state index >= 15 is 0 Å². The number of carbonyl (C=O) groups is 1. The molecule has 0 aromatic heterocycles. The molecule has 0 bridgehead atoms. The standard InChI is InChI=1S/C11H23N3O2.2ClH/c1-11(2,10(15)16-3)8-13-7-9-6-12-4-5-14-9;;/h9,12-14H,4-8H2,1-3H3;2*1H. The van der Waals surface area contributed by atoms with E-state index in [4.69, 9.17) is 4.74 Å². The van der Waals surface area contributed by atoms with Crippen LogP contribution in [0.1, 0.15) is 13.8 Å². The Kier molecular flexibility index (Phi) is 11.0. The van der Waals surface area contributed by atoms with E-state index in [-0.39, 0.29) is 30.8 Å². The summed E-state index contributed by atoms with van der Waals surface area (Å²) < 4.78 is 4.75. The fourth-order valence-corrected chi connectivity index (χ4v) is 1.76. The predicted octanol–water partition coefficient (Wildman–Crippen LogP) is 0.180. The van der Waals surface area contributed by atoms with Gasteiger partial charge in [-0.05, 0) is 13.8 Å². The molecule has 110 valence electrons. The summed E-state index contributed by atoms with van der Waals surface area (Å²) >= 11 is 0. The Hall–Kier alpha value is -0.0700. The van der Waals surface area contributed by atoms with Gasteiger partial charge in [0.2, 0.25) is 0 Å². The van der Waals surface area contributed by atoms with Gasteiger partial charge in [-0.15, -0.1) is 24.8 Å². The van der Waals surface area contributed by atoms with Crippen LogP contribution in [-0.4, -0.2) is 51.8 Å². The van der Waals surface area contributed by atoms with Crippen LogP contribution in [0.2, 0.25) is 0 Å². The number of ether oxygens (including phenoxy) is 1. The number of nitrogens with one attached hydrogen (secondary N) is 3. The lowest BCUT2D eigenvalue weighted by Crippen LogP contribution is -2.53. The molecule has 7 heteroatoms. The number of esters is 1. The Morgan fingerprint density at radius 3 is 2.56 bits per heavy atom. The maximum absolute atomic E-state index is 11.4. The summed E-state index contributed by atoms with van der Waals surface area (Å²) in [6.45, 7) is 8.30. The molecule has 1 fully saturated rings. The lowest BCUT2D eigenvalue weighted by molar-refractivity contribution is -0.150. The van der Waals surface area contributed by atoms with Crippen molar-refractivity contribution in [2.75, 3.05) is 39.8 Å². The molecular formula is C11H25Cl2N3O2. The van der Waals surface area contributed by atoms with Gasteiger partial charge in [0.05, 0.1) is 12.5 Å². The SMILES string of the molecule is COC(=O)C(C)(C)CNCC1CNCCN1.Cl.Cl. The van der Waals surface area contributed by atoms with Gasteiger partial charge in [0.15, 0.2) is 0 Å². The van der Waals surface area contributed by atoms with Gasteiger partial charge >= 0.3 is 5.97 Å². The van der Waals surface area contributed by atoms with Crippen LogP contribution in [0, 0.1) is 5.41 Å². The van der Waals surface area contributed by atoms with Crippen molar-refractivity contribution in [3.8, 4) is 0 Å². The van der Waals surface area contributed by atoms with E-state index in [1.165, 1.54) is 7.11 Å². The third-order valence-corrected chi connectivity index (χ3v) is 2.82. The molecule has 5 nitrogen and oxygen atoms in total. The molecule has 0 aromatic rings. The number of carbonyl (C=O) groups excluding carboxylic acids is 1. The molecule has 3 N–H and O–H groups in total. The summed E-state index contributed by atoms with van der Waals surface area (Å²) in [6.07, 6.45) is 0. The summed E-state index contributed by atoms with van der Waals surface area (Å²) in [5.41, 5.74) is -0.461. The molecule has 1 atom stereocenters. The van der Waals surface area contributed by atoms with Crippen molar-refractivity contribution in [3.05, 3.63) is 0 Å². The Morgan fingerprint density at radius 2 is 2.06 bits per heavy atom. The molecule has 0 radical (unpaired) electrons. The van der Waals surface area contributed by atoms with Crippen LogP contribution in [0.15, 0.2) is 0 Å². The minimum atomic E-state index is -0.461. The number of methoxy groups -OCH3 is 1. The second kappa shape index (κ2) is 9.81. The zero-order chi connectivity index (χ0) is 12.0. The fraction of sp³-hybridized carbons (Fsp3) is 0.909. The molecule has 1 heterocycles. The first-order valence-electron chi connectivity index (χ1n) is 5.79. The van der Waals surface area contributed by atoms with Crippen molar-refractivity contribution >= 4 is 30.8 Å². The topological polar surface area (TPSA) is 62.4 Å². The van der Waals surface area contributed by atoms with E-state index < -0.39 is 5.41 Å². The van der Waals surface area contributed by atoms with Crippen LogP contribution in [0.4, 0.5) is 0 Å². The molecule has 1 saturated heterocycles. The maximum Gasteiger partial charge on any atom is 0.312 e. The number of hydrogen-bond donors (Lipinski definition) is 3. The van der Waals surface area contributed by atoms with Gasteiger partial charge in [-0.2, -0.15) is 0 Å². The molecular weight excluding hydrogens is 277 g/mol. The van der Waals surface area contributed by atoms with Crippen LogP contribution >= 0.6 is 24.8 Å². The summed E-state index contributed by atoms with van der Waals surface area (Å²) in [6, 6.07) is 0.446. The van der Waals surface area contributed by atoms with Crippen LogP contribution in [0.5, 0.6) is 0 Å². The Morgan fingerprint density at radius 1 is 1.39 bits per heavy atom. The Bertz CT molecular complexity index is 234. The highest BCUT2D eigenvalue weighted by molar-refractivity contribution is 5.85. The van der Waals surface area contributed by atoms with E-state index in [9.17, 15) is 4.79 Å². The van der Waals surface area contributed by atoms with Gasteiger partial charge in [0.1, 0.15) is 0 Å². The molecule has 1 aliphatic rings. The fourth-order valence-electron chi connectivity index (χ4n) is 1.76. The monoisotopic (exact) mass is 301 g/mol. The third kappa shape index (κ3) is 6.75. The Balaban J connectivity index is 0. The summed E-state index contributed by atoms with van der Waals surface area (Å²) in [4.78, 5) is 11.4. The van der Waals surface area contributed by atoms with Crippen LogP contribution in [0.3, 0.4) is 0 Å². The molecule has 18 heavy (non-hydrogen) atoms. The zero-order valence-corrected chi connectivity index (χ0v) is 12.9. The van der Waals surface area contributed by atoms with E-state index in [2.05, 4.69) is 16.0 Å². The van der Waals surface area contributed by atoms with Crippen LogP contribution < -0.4 is 16.0 Å². The second-order valence-electron chi connectivity index (χ2n) is 4.86. The lowest BCUT2D eigenvalue weighted by atomic mass is 9.93. The first kappa shape index (κ1) is 20.3. The minimum Gasteiger partial charge on any atom is -0.469 e. The van der Waals surface area contributed by atoms with Crippen molar-refractivity contribution in [2.24, 2.45) is 5.41 Å². The number of rotatable bonds is 5. The Labute approximate surface area is 122 Å². The second-order valence-corrected chi connectivity index (χ2v) is 4.86. The van der Waals surface area contributed by atoms with Crippen molar-refractivity contribution in [3.63, 3.8) is 0 Å². The summed E-state index contributed by atoms with van der Waals surface area (Å²) in [7, 11) is 1.43. The number of piperazine rings is 1. The summed E-state index contributed by atoms with van der Waals surface area (Å²) in [5, 5.41) is 10.0. The van der Waals surface area contributed by atoms with Gasteiger partial charge in [0.25, 0.3) is 0 Å². The van der Waals surface area contributed by atoms with E-state index in [0.717, 1.165) is 26.2 Å². The molecule has 0 amide bonds. The van der Waals surface area contributed by atoms with Crippen molar-refractivity contribution in [1.29, 1.82) is 0 Å². The highest BCUT2D eigenvalue weighted by atomic mass is 35.5. The van der Waals surface area contributed by atoms with Gasteiger partial charge in [0, 0.05) is 38.8 Å². The molecule has 0 aliphatic carbocycles. The van der Waals surface area contributed by atoms with Crippen molar-refractivity contribution < 1.29 is 9.53 Å². The highest BCUT2D eigenvalue weighted by Gasteiger charge is 2.28. The maximum atomic E-state index is 11.4. The normalized spacial score (nSPS) is 19.4. The highest BCUT2D eigenvalue weighted by Crippen LogP contribution is 2.15. The predicted molar refractivity (Wildman–Crippen MR) is 77.8 cm³/mol. The zero-order valence-electron chi connectivity index (χ0n) is 11.2. The smallest absolute Gasteiger partial charge is 0.312 e. The largest absolute Gasteiger partial charge is 0.469 e. The molecule has 1 unspecified atom stereocenters. The molecule has 0 saturated carbocycles. The molecule has 1 aliphatic heterocycles. The average molecular weight is 302 g/mol. The van der Waals surface area contributed by atoms with Gasteiger partial charge in [-0.1, -0.05) is 0 Å². The molecule has 1 rings (SSSR count). The van der Waals surface area contributed by atoms with Crippen LogP contribution in [-0.2, 0) is 9.53 Å². The van der Waals surface area contributed by atoms with Gasteiger partial charge < -0.3 is 20.7 Å².